The Bertz CT molecular complexity index is 476. The van der Waals surface area contributed by atoms with Crippen molar-refractivity contribution >= 4 is 31.8 Å². The van der Waals surface area contributed by atoms with Gasteiger partial charge < -0.3 is 5.32 Å². The van der Waals surface area contributed by atoms with Gasteiger partial charge in [0, 0.05) is 17.6 Å². The van der Waals surface area contributed by atoms with E-state index in [1.807, 2.05) is 13.0 Å². The van der Waals surface area contributed by atoms with Crippen molar-refractivity contribution in [2.75, 3.05) is 24.2 Å². The van der Waals surface area contributed by atoms with Crippen LogP contribution in [0.25, 0.3) is 0 Å². The Morgan fingerprint density at radius 1 is 1.41 bits per heavy atom. The van der Waals surface area contributed by atoms with Crippen molar-refractivity contribution in [3.63, 3.8) is 0 Å². The molecule has 1 aromatic heterocycles. The summed E-state index contributed by atoms with van der Waals surface area (Å²) in [6.07, 6.45) is 0. The summed E-state index contributed by atoms with van der Waals surface area (Å²) < 4.78 is 26.1. The molecule has 0 aliphatic carbocycles. The maximum absolute atomic E-state index is 11.4. The third-order valence-electron chi connectivity index (χ3n) is 2.06. The number of sulfonamides is 1. The minimum Gasteiger partial charge on any atom is -0.369 e. The first-order chi connectivity index (χ1) is 7.94. The molecule has 0 aromatic carbocycles. The molecule has 0 radical (unpaired) electrons. The molecule has 7 heteroatoms. The summed E-state index contributed by atoms with van der Waals surface area (Å²) in [5.74, 6) is 0.717. The summed E-state index contributed by atoms with van der Waals surface area (Å²) in [5, 5.41) is 2.98. The maximum atomic E-state index is 11.4. The number of anilines is 1. The van der Waals surface area contributed by atoms with Crippen molar-refractivity contribution in [1.82, 2.24) is 9.71 Å². The van der Waals surface area contributed by atoms with E-state index in [1.165, 1.54) is 0 Å². The summed E-state index contributed by atoms with van der Waals surface area (Å²) in [4.78, 5) is 4.27. The van der Waals surface area contributed by atoms with Crippen LogP contribution >= 0.6 is 15.9 Å². The number of rotatable bonds is 6. The summed E-state index contributed by atoms with van der Waals surface area (Å²) in [5.41, 5.74) is 0.865. The van der Waals surface area contributed by atoms with Gasteiger partial charge in [0.15, 0.2) is 0 Å². The van der Waals surface area contributed by atoms with Gasteiger partial charge in [-0.25, -0.2) is 18.1 Å². The van der Waals surface area contributed by atoms with Crippen LogP contribution in [0.1, 0.15) is 12.6 Å². The minimum absolute atomic E-state index is 0.0393. The SMILES string of the molecule is CCNS(=O)(=O)CCNc1ccc(Br)c(C)n1. The van der Waals surface area contributed by atoms with Crippen LogP contribution < -0.4 is 10.0 Å². The normalized spacial score (nSPS) is 11.5. The summed E-state index contributed by atoms with van der Waals surface area (Å²) in [7, 11) is -3.17. The standard InChI is InChI=1S/C10H16BrN3O2S/c1-3-13-17(15,16)7-6-12-10-5-4-9(11)8(2)14-10/h4-5,13H,3,6-7H2,1-2H3,(H,12,14). The van der Waals surface area contributed by atoms with Crippen LogP contribution in [0.3, 0.4) is 0 Å². The van der Waals surface area contributed by atoms with Crippen LogP contribution in [0.5, 0.6) is 0 Å². The molecule has 17 heavy (non-hydrogen) atoms. The fourth-order valence-electron chi connectivity index (χ4n) is 1.25. The topological polar surface area (TPSA) is 71.1 Å². The number of hydrogen-bond donors (Lipinski definition) is 2. The van der Waals surface area contributed by atoms with Gasteiger partial charge in [-0.2, -0.15) is 0 Å². The molecule has 0 amide bonds. The fraction of sp³-hybridized carbons (Fsp3) is 0.500. The van der Waals surface area contributed by atoms with Crippen molar-refractivity contribution in [2.24, 2.45) is 0 Å². The van der Waals surface area contributed by atoms with E-state index < -0.39 is 10.0 Å². The number of aryl methyl sites for hydroxylation is 1. The van der Waals surface area contributed by atoms with Crippen LogP contribution in [0.4, 0.5) is 5.82 Å². The van der Waals surface area contributed by atoms with Gasteiger partial charge in [-0.1, -0.05) is 6.92 Å². The Morgan fingerprint density at radius 3 is 2.71 bits per heavy atom. The van der Waals surface area contributed by atoms with Gasteiger partial charge in [0.1, 0.15) is 5.82 Å². The molecule has 1 heterocycles. The van der Waals surface area contributed by atoms with Gasteiger partial charge in [0.25, 0.3) is 0 Å². The van der Waals surface area contributed by atoms with Gasteiger partial charge in [-0.15, -0.1) is 0 Å². The predicted octanol–water partition coefficient (Wildman–Crippen LogP) is 1.50. The second-order valence-electron chi connectivity index (χ2n) is 3.51. The van der Waals surface area contributed by atoms with Gasteiger partial charge >= 0.3 is 0 Å². The monoisotopic (exact) mass is 321 g/mol. The van der Waals surface area contributed by atoms with Gasteiger partial charge in [0.2, 0.25) is 10.0 Å². The highest BCUT2D eigenvalue weighted by Gasteiger charge is 2.07. The van der Waals surface area contributed by atoms with Crippen LogP contribution in [-0.4, -0.2) is 32.2 Å². The lowest BCUT2D eigenvalue weighted by molar-refractivity contribution is 0.584. The molecule has 0 aliphatic rings. The highest BCUT2D eigenvalue weighted by molar-refractivity contribution is 9.10. The van der Waals surface area contributed by atoms with Gasteiger partial charge in [-0.05, 0) is 35.0 Å². The number of nitrogens with one attached hydrogen (secondary N) is 2. The van der Waals surface area contributed by atoms with E-state index in [1.54, 1.807) is 13.0 Å². The number of pyridine rings is 1. The molecular weight excluding hydrogens is 306 g/mol. The van der Waals surface area contributed by atoms with Gasteiger partial charge in [0.05, 0.1) is 11.4 Å². The Hall–Kier alpha value is -0.660. The lowest BCUT2D eigenvalue weighted by Crippen LogP contribution is -2.29. The molecule has 5 nitrogen and oxygen atoms in total. The quantitative estimate of drug-likeness (QED) is 0.833. The molecule has 0 fully saturated rings. The second-order valence-corrected chi connectivity index (χ2v) is 6.29. The lowest BCUT2D eigenvalue weighted by Gasteiger charge is -2.08. The van der Waals surface area contributed by atoms with Crippen LogP contribution in [-0.2, 0) is 10.0 Å². The molecule has 1 rings (SSSR count). The Morgan fingerprint density at radius 2 is 2.12 bits per heavy atom. The van der Waals surface area contributed by atoms with Crippen molar-refractivity contribution in [1.29, 1.82) is 0 Å². The molecule has 1 aromatic rings. The first-order valence-corrected chi connectivity index (χ1v) is 7.73. The number of aromatic nitrogens is 1. The number of nitrogens with zero attached hydrogens (tertiary/aromatic N) is 1. The smallest absolute Gasteiger partial charge is 0.213 e. The first-order valence-electron chi connectivity index (χ1n) is 5.29. The predicted molar refractivity (Wildman–Crippen MR) is 72.6 cm³/mol. The average molecular weight is 322 g/mol. The van der Waals surface area contributed by atoms with E-state index in [2.05, 4.69) is 31.0 Å². The zero-order valence-electron chi connectivity index (χ0n) is 9.83. The molecule has 2 N–H and O–H groups in total. The minimum atomic E-state index is -3.17. The maximum Gasteiger partial charge on any atom is 0.213 e. The Kier molecular flexibility index (Phi) is 5.35. The van der Waals surface area contributed by atoms with E-state index in [9.17, 15) is 8.42 Å². The third-order valence-corrected chi connectivity index (χ3v) is 4.37. The van der Waals surface area contributed by atoms with Crippen LogP contribution in [0, 0.1) is 6.92 Å². The second kappa shape index (κ2) is 6.32. The van der Waals surface area contributed by atoms with Crippen molar-refractivity contribution < 1.29 is 8.42 Å². The zero-order chi connectivity index (χ0) is 12.9. The molecule has 0 atom stereocenters. The van der Waals surface area contributed by atoms with E-state index in [0.717, 1.165) is 10.2 Å². The zero-order valence-corrected chi connectivity index (χ0v) is 12.2. The average Bonchev–Trinajstić information content (AvgIpc) is 2.23. The fourth-order valence-corrected chi connectivity index (χ4v) is 2.42. The largest absolute Gasteiger partial charge is 0.369 e. The van der Waals surface area contributed by atoms with E-state index in [-0.39, 0.29) is 5.75 Å². The number of halogens is 1. The van der Waals surface area contributed by atoms with Crippen molar-refractivity contribution in [2.45, 2.75) is 13.8 Å². The molecule has 0 bridgehead atoms. The first kappa shape index (κ1) is 14.4. The highest BCUT2D eigenvalue weighted by atomic mass is 79.9. The molecule has 96 valence electrons. The molecular formula is C10H16BrN3O2S. The van der Waals surface area contributed by atoms with E-state index in [0.29, 0.717) is 18.9 Å². The third kappa shape index (κ3) is 5.01. The van der Waals surface area contributed by atoms with E-state index >= 15 is 0 Å². The summed E-state index contributed by atoms with van der Waals surface area (Å²) >= 11 is 3.35. The Labute approximate surface area is 110 Å². The van der Waals surface area contributed by atoms with Gasteiger partial charge in [-0.3, -0.25) is 0 Å². The van der Waals surface area contributed by atoms with E-state index in [4.69, 9.17) is 0 Å². The summed E-state index contributed by atoms with van der Waals surface area (Å²) in [6, 6.07) is 3.68. The molecule has 0 saturated carbocycles. The van der Waals surface area contributed by atoms with Crippen molar-refractivity contribution in [3.8, 4) is 0 Å². The molecule has 0 spiro atoms. The lowest BCUT2D eigenvalue weighted by atomic mass is 10.4. The van der Waals surface area contributed by atoms with Crippen LogP contribution in [0.2, 0.25) is 0 Å². The molecule has 0 aliphatic heterocycles. The van der Waals surface area contributed by atoms with Crippen molar-refractivity contribution in [3.05, 3.63) is 22.3 Å². The summed E-state index contributed by atoms with van der Waals surface area (Å²) in [6.45, 7) is 4.39. The number of hydrogen-bond acceptors (Lipinski definition) is 4. The van der Waals surface area contributed by atoms with Crippen LogP contribution in [0.15, 0.2) is 16.6 Å². The highest BCUT2D eigenvalue weighted by Crippen LogP contribution is 2.15. The molecule has 0 saturated heterocycles. The Balaban J connectivity index is 2.49. The molecule has 0 unspecified atom stereocenters.